The molecule has 0 aromatic heterocycles. The number of aromatic hydroxyl groups is 1. The SMILES string of the molecule is COc1ccc(CCN2C(=O)C(O)=C(C(C)=O)C2c2ccc(O)cc2)cc1OC. The lowest BCUT2D eigenvalue weighted by Gasteiger charge is -2.26. The van der Waals surface area contributed by atoms with Crippen molar-refractivity contribution in [3.8, 4) is 17.2 Å². The summed E-state index contributed by atoms with van der Waals surface area (Å²) in [4.78, 5) is 26.3. The first-order valence-electron chi connectivity index (χ1n) is 9.12. The minimum Gasteiger partial charge on any atom is -0.508 e. The van der Waals surface area contributed by atoms with Gasteiger partial charge in [-0.05, 0) is 48.7 Å². The van der Waals surface area contributed by atoms with E-state index in [-0.39, 0.29) is 23.7 Å². The number of carbonyl (C=O) groups excluding carboxylic acids is 2. The fourth-order valence-corrected chi connectivity index (χ4v) is 3.53. The lowest BCUT2D eigenvalue weighted by Crippen LogP contribution is -2.32. The second-order valence-corrected chi connectivity index (χ2v) is 6.75. The van der Waals surface area contributed by atoms with Crippen LogP contribution in [0.15, 0.2) is 53.8 Å². The summed E-state index contributed by atoms with van der Waals surface area (Å²) in [6.07, 6.45) is 0.485. The molecule has 7 nitrogen and oxygen atoms in total. The number of nitrogens with zero attached hydrogens (tertiary/aromatic N) is 1. The number of hydrogen-bond donors (Lipinski definition) is 2. The van der Waals surface area contributed by atoms with Gasteiger partial charge in [0.05, 0.1) is 25.8 Å². The molecule has 2 aromatic rings. The number of aliphatic hydroxyl groups is 1. The van der Waals surface area contributed by atoms with Crippen LogP contribution in [0.1, 0.15) is 24.1 Å². The number of rotatable bonds is 7. The summed E-state index contributed by atoms with van der Waals surface area (Å²) in [5, 5.41) is 19.9. The second kappa shape index (κ2) is 8.26. The molecule has 1 atom stereocenters. The van der Waals surface area contributed by atoms with Crippen LogP contribution in [0.5, 0.6) is 17.2 Å². The number of carbonyl (C=O) groups is 2. The van der Waals surface area contributed by atoms with E-state index in [4.69, 9.17) is 9.47 Å². The Morgan fingerprint density at radius 2 is 1.69 bits per heavy atom. The fourth-order valence-electron chi connectivity index (χ4n) is 3.53. The molecule has 0 spiro atoms. The van der Waals surface area contributed by atoms with E-state index in [2.05, 4.69) is 0 Å². The van der Waals surface area contributed by atoms with Crippen LogP contribution in [-0.4, -0.2) is 47.6 Å². The molecular formula is C22H23NO6. The van der Waals surface area contributed by atoms with Gasteiger partial charge < -0.3 is 24.6 Å². The van der Waals surface area contributed by atoms with Crippen molar-refractivity contribution in [1.29, 1.82) is 0 Å². The number of phenolic OH excluding ortho intramolecular Hbond substituents is 1. The Morgan fingerprint density at radius 1 is 1.03 bits per heavy atom. The van der Waals surface area contributed by atoms with Crippen LogP contribution in [-0.2, 0) is 16.0 Å². The summed E-state index contributed by atoms with van der Waals surface area (Å²) in [5.41, 5.74) is 1.61. The molecule has 2 N–H and O–H groups in total. The van der Waals surface area contributed by atoms with E-state index in [1.54, 1.807) is 32.4 Å². The zero-order chi connectivity index (χ0) is 21.1. The van der Waals surface area contributed by atoms with Crippen molar-refractivity contribution in [1.82, 2.24) is 4.90 Å². The topological polar surface area (TPSA) is 96.3 Å². The number of ether oxygens (including phenoxy) is 2. The van der Waals surface area contributed by atoms with E-state index in [1.807, 2.05) is 12.1 Å². The predicted octanol–water partition coefficient (Wildman–Crippen LogP) is 2.94. The molecule has 0 saturated carbocycles. The van der Waals surface area contributed by atoms with Gasteiger partial charge >= 0.3 is 0 Å². The number of methoxy groups -OCH3 is 2. The summed E-state index contributed by atoms with van der Waals surface area (Å²) in [6, 6.07) is 11.0. The maximum atomic E-state index is 12.7. The van der Waals surface area contributed by atoms with Crippen molar-refractivity contribution >= 4 is 11.7 Å². The maximum absolute atomic E-state index is 12.7. The van der Waals surface area contributed by atoms with Crippen molar-refractivity contribution in [2.75, 3.05) is 20.8 Å². The summed E-state index contributed by atoms with van der Waals surface area (Å²) >= 11 is 0. The van der Waals surface area contributed by atoms with Crippen LogP contribution < -0.4 is 9.47 Å². The van der Waals surface area contributed by atoms with E-state index in [9.17, 15) is 19.8 Å². The van der Waals surface area contributed by atoms with Crippen molar-refractivity contribution in [2.24, 2.45) is 0 Å². The van der Waals surface area contributed by atoms with Crippen LogP contribution in [0.2, 0.25) is 0 Å². The maximum Gasteiger partial charge on any atom is 0.290 e. The average molecular weight is 397 g/mol. The third kappa shape index (κ3) is 3.89. The van der Waals surface area contributed by atoms with Gasteiger partial charge in [0.1, 0.15) is 5.75 Å². The Kier molecular flexibility index (Phi) is 5.77. The largest absolute Gasteiger partial charge is 0.508 e. The first kappa shape index (κ1) is 20.3. The lowest BCUT2D eigenvalue weighted by molar-refractivity contribution is -0.129. The molecule has 152 valence electrons. The number of aliphatic hydroxyl groups excluding tert-OH is 1. The van der Waals surface area contributed by atoms with E-state index >= 15 is 0 Å². The molecule has 0 bridgehead atoms. The van der Waals surface area contributed by atoms with Crippen molar-refractivity contribution in [3.63, 3.8) is 0 Å². The predicted molar refractivity (Wildman–Crippen MR) is 106 cm³/mol. The van der Waals surface area contributed by atoms with Crippen LogP contribution in [0.4, 0.5) is 0 Å². The fraction of sp³-hybridized carbons (Fsp3) is 0.273. The van der Waals surface area contributed by atoms with Crippen LogP contribution in [0, 0.1) is 0 Å². The zero-order valence-electron chi connectivity index (χ0n) is 16.5. The molecule has 1 unspecified atom stereocenters. The number of amides is 1. The third-order valence-corrected chi connectivity index (χ3v) is 4.98. The van der Waals surface area contributed by atoms with Crippen LogP contribution in [0.3, 0.4) is 0 Å². The van der Waals surface area contributed by atoms with Gasteiger partial charge in [0.25, 0.3) is 5.91 Å². The molecule has 7 heteroatoms. The highest BCUT2D eigenvalue weighted by atomic mass is 16.5. The highest BCUT2D eigenvalue weighted by Crippen LogP contribution is 2.38. The smallest absolute Gasteiger partial charge is 0.290 e. The molecule has 1 aliphatic rings. The van der Waals surface area contributed by atoms with Gasteiger partial charge in [-0.1, -0.05) is 18.2 Å². The summed E-state index contributed by atoms with van der Waals surface area (Å²) in [6.45, 7) is 1.60. The van der Waals surface area contributed by atoms with Gasteiger partial charge in [-0.2, -0.15) is 0 Å². The van der Waals surface area contributed by atoms with Gasteiger partial charge in [-0.15, -0.1) is 0 Å². The molecule has 1 aliphatic heterocycles. The molecular weight excluding hydrogens is 374 g/mol. The molecule has 1 amide bonds. The van der Waals surface area contributed by atoms with E-state index in [0.29, 0.717) is 23.5 Å². The zero-order valence-corrected chi connectivity index (χ0v) is 16.5. The first-order chi connectivity index (χ1) is 13.9. The van der Waals surface area contributed by atoms with Gasteiger partial charge in [0.2, 0.25) is 0 Å². The van der Waals surface area contributed by atoms with Gasteiger partial charge in [0, 0.05) is 6.54 Å². The molecule has 0 aliphatic carbocycles. The summed E-state index contributed by atoms with van der Waals surface area (Å²) in [7, 11) is 3.11. The molecule has 0 radical (unpaired) electrons. The molecule has 0 fully saturated rings. The normalized spacial score (nSPS) is 16.3. The number of benzene rings is 2. The van der Waals surface area contributed by atoms with Gasteiger partial charge in [-0.3, -0.25) is 9.59 Å². The highest BCUT2D eigenvalue weighted by molar-refractivity contribution is 6.08. The van der Waals surface area contributed by atoms with Crippen molar-refractivity contribution in [3.05, 3.63) is 64.9 Å². The van der Waals surface area contributed by atoms with E-state index in [0.717, 1.165) is 5.56 Å². The number of Topliss-reactive ketones (excluding diaryl/α,β-unsaturated/α-hetero) is 1. The average Bonchev–Trinajstić information content (AvgIpc) is 2.97. The molecule has 1 heterocycles. The second-order valence-electron chi connectivity index (χ2n) is 6.75. The standard InChI is InChI=1S/C22H23NO6/c1-13(24)19-20(15-5-7-16(25)8-6-15)23(22(27)21(19)26)11-10-14-4-9-17(28-2)18(12-14)29-3/h4-9,12,20,25-26H,10-11H2,1-3H3. The Morgan fingerprint density at radius 3 is 2.28 bits per heavy atom. The Hall–Kier alpha value is -3.48. The number of phenols is 1. The Bertz CT molecular complexity index is 964. The van der Waals surface area contributed by atoms with Crippen molar-refractivity contribution < 1.29 is 29.3 Å². The summed E-state index contributed by atoms with van der Waals surface area (Å²) in [5.74, 6) is -0.224. The number of hydrogen-bond acceptors (Lipinski definition) is 6. The molecule has 29 heavy (non-hydrogen) atoms. The number of ketones is 1. The minimum atomic E-state index is -0.708. The van der Waals surface area contributed by atoms with Gasteiger partial charge in [0.15, 0.2) is 23.0 Å². The summed E-state index contributed by atoms with van der Waals surface area (Å²) < 4.78 is 10.6. The minimum absolute atomic E-state index is 0.0630. The Labute approximate surface area is 168 Å². The van der Waals surface area contributed by atoms with E-state index in [1.165, 1.54) is 24.0 Å². The van der Waals surface area contributed by atoms with Crippen LogP contribution in [0.25, 0.3) is 0 Å². The quantitative estimate of drug-likeness (QED) is 0.746. The van der Waals surface area contributed by atoms with Crippen molar-refractivity contribution in [2.45, 2.75) is 19.4 Å². The molecule has 3 rings (SSSR count). The van der Waals surface area contributed by atoms with E-state index < -0.39 is 17.7 Å². The van der Waals surface area contributed by atoms with Crippen LogP contribution >= 0.6 is 0 Å². The highest BCUT2D eigenvalue weighted by Gasteiger charge is 2.42. The molecule has 2 aromatic carbocycles. The first-order valence-corrected chi connectivity index (χ1v) is 9.12. The monoisotopic (exact) mass is 397 g/mol. The van der Waals surface area contributed by atoms with Gasteiger partial charge in [-0.25, -0.2) is 0 Å². The third-order valence-electron chi connectivity index (χ3n) is 4.98. The lowest BCUT2D eigenvalue weighted by atomic mass is 9.96. The Balaban J connectivity index is 1.89. The molecule has 0 saturated heterocycles.